The molecule has 2 heterocycles. The molecule has 2 aliphatic rings. The molecule has 19 heavy (non-hydrogen) atoms. The van der Waals surface area contributed by atoms with Gasteiger partial charge in [0.2, 0.25) is 0 Å². The van der Waals surface area contributed by atoms with E-state index in [-0.39, 0.29) is 11.8 Å². The topological polar surface area (TPSA) is 49.9 Å². The minimum absolute atomic E-state index is 0.0288. The summed E-state index contributed by atoms with van der Waals surface area (Å²) in [7, 11) is 1.35. The Balaban J connectivity index is 1.77. The molecule has 0 aromatic heterocycles. The molecule has 0 aromatic carbocycles. The molecular formula is C14H24N2O3. The number of carbonyl (C=O) groups is 2. The third kappa shape index (κ3) is 4.01. The molecule has 108 valence electrons. The summed E-state index contributed by atoms with van der Waals surface area (Å²) in [6, 6.07) is 0. The van der Waals surface area contributed by atoms with Crippen molar-refractivity contribution in [1.29, 1.82) is 0 Å². The van der Waals surface area contributed by atoms with Gasteiger partial charge in [-0.1, -0.05) is 6.42 Å². The third-order valence-electron chi connectivity index (χ3n) is 4.17. The standard InChI is InChI=1S/C14H24N2O3/c1-19-14(18)12-11-16(8-5-13(12)17)10-9-15-6-3-2-4-7-15/h12H,2-11H2,1H3. The number of Topliss-reactive ketones (excluding diaryl/α,β-unsaturated/α-hetero) is 1. The van der Waals surface area contributed by atoms with Crippen molar-refractivity contribution in [3.8, 4) is 0 Å². The molecule has 0 saturated carbocycles. The number of rotatable bonds is 4. The maximum atomic E-state index is 11.7. The van der Waals surface area contributed by atoms with E-state index < -0.39 is 5.92 Å². The van der Waals surface area contributed by atoms with E-state index in [0.717, 1.165) is 19.6 Å². The summed E-state index contributed by atoms with van der Waals surface area (Å²) in [6.45, 7) is 5.67. The number of methoxy groups -OCH3 is 1. The first kappa shape index (κ1) is 14.5. The van der Waals surface area contributed by atoms with E-state index in [2.05, 4.69) is 9.80 Å². The van der Waals surface area contributed by atoms with Crippen LogP contribution in [-0.2, 0) is 14.3 Å². The fourth-order valence-electron chi connectivity index (χ4n) is 2.91. The van der Waals surface area contributed by atoms with E-state index in [1.165, 1.54) is 39.5 Å². The van der Waals surface area contributed by atoms with Crippen LogP contribution >= 0.6 is 0 Å². The van der Waals surface area contributed by atoms with E-state index >= 15 is 0 Å². The van der Waals surface area contributed by atoms with Crippen molar-refractivity contribution in [2.24, 2.45) is 5.92 Å². The number of esters is 1. The smallest absolute Gasteiger partial charge is 0.317 e. The first-order valence-electron chi connectivity index (χ1n) is 7.26. The summed E-state index contributed by atoms with van der Waals surface area (Å²) in [5.41, 5.74) is 0. The summed E-state index contributed by atoms with van der Waals surface area (Å²) in [6.07, 6.45) is 4.41. The molecule has 0 bridgehead atoms. The summed E-state index contributed by atoms with van der Waals surface area (Å²) in [5, 5.41) is 0. The molecule has 1 atom stereocenters. The van der Waals surface area contributed by atoms with Crippen LogP contribution in [0.5, 0.6) is 0 Å². The monoisotopic (exact) mass is 268 g/mol. The Hall–Kier alpha value is -0.940. The lowest BCUT2D eigenvalue weighted by Gasteiger charge is -2.33. The molecule has 0 spiro atoms. The zero-order valence-electron chi connectivity index (χ0n) is 11.8. The molecule has 0 aromatic rings. The maximum absolute atomic E-state index is 11.7. The highest BCUT2D eigenvalue weighted by Gasteiger charge is 2.33. The number of hydrogen-bond acceptors (Lipinski definition) is 5. The van der Waals surface area contributed by atoms with Crippen LogP contribution in [0.3, 0.4) is 0 Å². The zero-order valence-corrected chi connectivity index (χ0v) is 11.8. The molecule has 5 nitrogen and oxygen atoms in total. The average Bonchev–Trinajstić information content (AvgIpc) is 2.46. The predicted octanol–water partition coefficient (Wildman–Crippen LogP) is 0.536. The minimum atomic E-state index is -0.569. The van der Waals surface area contributed by atoms with Gasteiger partial charge in [0.25, 0.3) is 0 Å². The first-order valence-corrected chi connectivity index (χ1v) is 7.26. The zero-order chi connectivity index (χ0) is 13.7. The van der Waals surface area contributed by atoms with Gasteiger partial charge in [0.15, 0.2) is 0 Å². The molecule has 2 saturated heterocycles. The molecule has 0 radical (unpaired) electrons. The van der Waals surface area contributed by atoms with Crippen LogP contribution in [-0.4, -0.2) is 67.9 Å². The minimum Gasteiger partial charge on any atom is -0.468 e. The van der Waals surface area contributed by atoms with Crippen LogP contribution in [0.4, 0.5) is 0 Å². The van der Waals surface area contributed by atoms with Crippen molar-refractivity contribution in [2.45, 2.75) is 25.7 Å². The Morgan fingerprint density at radius 2 is 1.84 bits per heavy atom. The average molecular weight is 268 g/mol. The van der Waals surface area contributed by atoms with E-state index in [4.69, 9.17) is 4.74 Å². The molecule has 2 rings (SSSR count). The summed E-state index contributed by atoms with van der Waals surface area (Å²) in [4.78, 5) is 28.0. The number of carbonyl (C=O) groups excluding carboxylic acids is 2. The molecule has 1 unspecified atom stereocenters. The van der Waals surface area contributed by atoms with E-state index in [1.54, 1.807) is 0 Å². The van der Waals surface area contributed by atoms with Crippen molar-refractivity contribution in [3.05, 3.63) is 0 Å². The maximum Gasteiger partial charge on any atom is 0.317 e. The van der Waals surface area contributed by atoms with Crippen LogP contribution < -0.4 is 0 Å². The number of ether oxygens (including phenoxy) is 1. The Kier molecular flexibility index (Phi) is 5.34. The Labute approximate surface area is 114 Å². The van der Waals surface area contributed by atoms with Crippen molar-refractivity contribution in [3.63, 3.8) is 0 Å². The van der Waals surface area contributed by atoms with E-state index in [1.807, 2.05) is 0 Å². The lowest BCUT2D eigenvalue weighted by molar-refractivity contribution is -0.151. The molecule has 2 aliphatic heterocycles. The highest BCUT2D eigenvalue weighted by Crippen LogP contribution is 2.15. The quantitative estimate of drug-likeness (QED) is 0.550. The van der Waals surface area contributed by atoms with Gasteiger partial charge in [0.05, 0.1) is 7.11 Å². The number of nitrogens with zero attached hydrogens (tertiary/aromatic N) is 2. The number of piperidine rings is 2. The van der Waals surface area contributed by atoms with Gasteiger partial charge in [-0.3, -0.25) is 9.59 Å². The summed E-state index contributed by atoms with van der Waals surface area (Å²) >= 11 is 0. The van der Waals surface area contributed by atoms with Crippen LogP contribution in [0, 0.1) is 5.92 Å². The van der Waals surface area contributed by atoms with Crippen molar-refractivity contribution >= 4 is 11.8 Å². The van der Waals surface area contributed by atoms with Gasteiger partial charge >= 0.3 is 5.97 Å². The SMILES string of the molecule is COC(=O)C1CN(CCN2CCCCC2)CCC1=O. The third-order valence-corrected chi connectivity index (χ3v) is 4.17. The fraction of sp³-hybridized carbons (Fsp3) is 0.857. The molecule has 0 aliphatic carbocycles. The van der Waals surface area contributed by atoms with Crippen LogP contribution in [0.25, 0.3) is 0 Å². The lowest BCUT2D eigenvalue weighted by Crippen LogP contribution is -2.47. The number of ketones is 1. The van der Waals surface area contributed by atoms with Crippen LogP contribution in [0.1, 0.15) is 25.7 Å². The van der Waals surface area contributed by atoms with E-state index in [0.29, 0.717) is 13.0 Å². The second kappa shape index (κ2) is 7.01. The van der Waals surface area contributed by atoms with E-state index in [9.17, 15) is 9.59 Å². The second-order valence-corrected chi connectivity index (χ2v) is 5.49. The predicted molar refractivity (Wildman–Crippen MR) is 71.9 cm³/mol. The highest BCUT2D eigenvalue weighted by molar-refractivity contribution is 5.99. The van der Waals surface area contributed by atoms with Crippen molar-refractivity contribution < 1.29 is 14.3 Å². The fourth-order valence-corrected chi connectivity index (χ4v) is 2.91. The van der Waals surface area contributed by atoms with Gasteiger partial charge in [-0.05, 0) is 25.9 Å². The molecule has 2 fully saturated rings. The Morgan fingerprint density at radius 1 is 1.16 bits per heavy atom. The summed E-state index contributed by atoms with van der Waals surface area (Å²) in [5.74, 6) is -0.922. The largest absolute Gasteiger partial charge is 0.468 e. The Morgan fingerprint density at radius 3 is 2.53 bits per heavy atom. The normalized spacial score (nSPS) is 26.4. The molecule has 0 amide bonds. The van der Waals surface area contributed by atoms with Gasteiger partial charge in [0, 0.05) is 32.6 Å². The van der Waals surface area contributed by atoms with Gasteiger partial charge in [-0.2, -0.15) is 0 Å². The van der Waals surface area contributed by atoms with Gasteiger partial charge in [-0.15, -0.1) is 0 Å². The van der Waals surface area contributed by atoms with Crippen LogP contribution in [0.15, 0.2) is 0 Å². The van der Waals surface area contributed by atoms with Gasteiger partial charge < -0.3 is 14.5 Å². The second-order valence-electron chi connectivity index (χ2n) is 5.49. The van der Waals surface area contributed by atoms with Gasteiger partial charge in [-0.25, -0.2) is 0 Å². The Bertz CT molecular complexity index is 319. The molecule has 0 N–H and O–H groups in total. The van der Waals surface area contributed by atoms with Crippen molar-refractivity contribution in [2.75, 3.05) is 46.4 Å². The number of likely N-dealkylation sites (tertiary alicyclic amines) is 2. The first-order chi connectivity index (χ1) is 9.20. The van der Waals surface area contributed by atoms with Crippen molar-refractivity contribution in [1.82, 2.24) is 9.80 Å². The lowest BCUT2D eigenvalue weighted by atomic mass is 9.96. The highest BCUT2D eigenvalue weighted by atomic mass is 16.5. The van der Waals surface area contributed by atoms with Gasteiger partial charge in [0.1, 0.15) is 11.7 Å². The molecular weight excluding hydrogens is 244 g/mol. The molecule has 5 heteroatoms. The number of hydrogen-bond donors (Lipinski definition) is 0. The summed E-state index contributed by atoms with van der Waals surface area (Å²) < 4.78 is 4.71. The van der Waals surface area contributed by atoms with Crippen LogP contribution in [0.2, 0.25) is 0 Å².